The average Bonchev–Trinajstić information content (AvgIpc) is 2.78. The molecule has 4 rings (SSSR count). The number of piperidine rings is 1. The van der Waals surface area contributed by atoms with Crippen molar-refractivity contribution in [3.8, 4) is 5.75 Å². The van der Waals surface area contributed by atoms with E-state index >= 15 is 0 Å². The maximum atomic E-state index is 12.6. The van der Waals surface area contributed by atoms with E-state index < -0.39 is 12.0 Å². The number of aliphatic hydroxyl groups is 1. The first-order valence-electron chi connectivity index (χ1n) is 11.3. The van der Waals surface area contributed by atoms with Crippen LogP contribution in [0.15, 0.2) is 54.6 Å². The second-order valence-corrected chi connectivity index (χ2v) is 9.18. The summed E-state index contributed by atoms with van der Waals surface area (Å²) in [4.78, 5) is 15.0. The lowest BCUT2D eigenvalue weighted by Gasteiger charge is -2.56. The van der Waals surface area contributed by atoms with E-state index in [1.165, 1.54) is 12.7 Å². The minimum absolute atomic E-state index is 0.0525. The van der Waals surface area contributed by atoms with Crippen molar-refractivity contribution in [2.45, 2.75) is 50.2 Å². The number of hydrogen-bond donors (Lipinski definition) is 2. The van der Waals surface area contributed by atoms with Crippen LogP contribution in [0.5, 0.6) is 5.75 Å². The van der Waals surface area contributed by atoms with Gasteiger partial charge in [0, 0.05) is 18.0 Å². The largest absolute Gasteiger partial charge is 0.508 e. The Hall–Kier alpha value is -2.37. The number of esters is 1. The minimum Gasteiger partial charge on any atom is -0.508 e. The molecule has 2 aromatic rings. The van der Waals surface area contributed by atoms with Crippen LogP contribution in [-0.4, -0.2) is 47.3 Å². The predicted molar refractivity (Wildman–Crippen MR) is 120 cm³/mol. The quantitative estimate of drug-likeness (QED) is 0.686. The van der Waals surface area contributed by atoms with Gasteiger partial charge in [-0.15, -0.1) is 0 Å². The molecule has 0 spiro atoms. The standard InChI is InChI=1S/C26H33NO4/c1-18-23-12-7-13-26(18,20-10-6-11-21(28)16-20)14-15-27(23)17-22(25(30)31-2)24(29)19-8-4-3-5-9-19/h3-6,8-11,16,18,22-24,28-29H,7,12-15,17H2,1-2H3. The van der Waals surface area contributed by atoms with Gasteiger partial charge < -0.3 is 14.9 Å². The number of aliphatic hydroxyl groups excluding tert-OH is 1. The number of benzene rings is 2. The highest BCUT2D eigenvalue weighted by atomic mass is 16.5. The third-order valence-electron chi connectivity index (χ3n) is 7.76. The maximum Gasteiger partial charge on any atom is 0.312 e. The molecule has 0 amide bonds. The van der Waals surface area contributed by atoms with Crippen LogP contribution >= 0.6 is 0 Å². The van der Waals surface area contributed by atoms with Gasteiger partial charge in [-0.1, -0.05) is 55.8 Å². The summed E-state index contributed by atoms with van der Waals surface area (Å²) in [5.74, 6) is -0.288. The van der Waals surface area contributed by atoms with E-state index in [-0.39, 0.29) is 11.4 Å². The number of aromatic hydroxyl groups is 1. The number of phenols is 1. The fraction of sp³-hybridized carbons (Fsp3) is 0.500. The van der Waals surface area contributed by atoms with Crippen molar-refractivity contribution >= 4 is 5.97 Å². The van der Waals surface area contributed by atoms with Crippen molar-refractivity contribution in [3.63, 3.8) is 0 Å². The summed E-state index contributed by atoms with van der Waals surface area (Å²) in [5.41, 5.74) is 2.01. The van der Waals surface area contributed by atoms with Gasteiger partial charge >= 0.3 is 5.97 Å². The molecule has 0 radical (unpaired) electrons. The average molecular weight is 424 g/mol. The molecule has 2 aliphatic rings. The Morgan fingerprint density at radius 2 is 1.97 bits per heavy atom. The molecule has 2 N–H and O–H groups in total. The lowest BCUT2D eigenvalue weighted by molar-refractivity contribution is -0.152. The Kier molecular flexibility index (Phi) is 6.35. The van der Waals surface area contributed by atoms with Gasteiger partial charge in [-0.05, 0) is 55.0 Å². The van der Waals surface area contributed by atoms with Crippen LogP contribution in [0.25, 0.3) is 0 Å². The van der Waals surface area contributed by atoms with Crippen molar-refractivity contribution < 1.29 is 19.7 Å². The molecule has 5 atom stereocenters. The first kappa shape index (κ1) is 21.8. The smallest absolute Gasteiger partial charge is 0.312 e. The fourth-order valence-electron chi connectivity index (χ4n) is 6.02. The monoisotopic (exact) mass is 423 g/mol. The summed E-state index contributed by atoms with van der Waals surface area (Å²) in [5, 5.41) is 21.1. The van der Waals surface area contributed by atoms with Gasteiger partial charge in [0.2, 0.25) is 0 Å². The zero-order valence-corrected chi connectivity index (χ0v) is 18.4. The molecule has 5 nitrogen and oxygen atoms in total. The molecule has 1 saturated carbocycles. The molecular formula is C26H33NO4. The highest BCUT2D eigenvalue weighted by molar-refractivity contribution is 5.73. The molecule has 0 aromatic heterocycles. The van der Waals surface area contributed by atoms with E-state index in [1.807, 2.05) is 42.5 Å². The molecule has 1 heterocycles. The van der Waals surface area contributed by atoms with Crippen LogP contribution in [-0.2, 0) is 14.9 Å². The second-order valence-electron chi connectivity index (χ2n) is 9.18. The van der Waals surface area contributed by atoms with Gasteiger partial charge in [-0.3, -0.25) is 9.69 Å². The molecule has 1 saturated heterocycles. The van der Waals surface area contributed by atoms with Crippen LogP contribution in [0.4, 0.5) is 0 Å². The minimum atomic E-state index is -0.898. The Balaban J connectivity index is 1.57. The molecular weight excluding hydrogens is 390 g/mol. The van der Waals surface area contributed by atoms with Crippen molar-refractivity contribution in [2.75, 3.05) is 20.2 Å². The number of fused-ring (bicyclic) bond motifs is 2. The molecule has 2 aromatic carbocycles. The summed E-state index contributed by atoms with van der Waals surface area (Å²) >= 11 is 0. The van der Waals surface area contributed by atoms with Gasteiger partial charge in [-0.25, -0.2) is 0 Å². The normalized spacial score (nSPS) is 28.0. The summed E-state index contributed by atoms with van der Waals surface area (Å²) in [7, 11) is 1.39. The second kappa shape index (κ2) is 9.01. The van der Waals surface area contributed by atoms with Gasteiger partial charge in [0.25, 0.3) is 0 Å². The Morgan fingerprint density at radius 1 is 1.19 bits per heavy atom. The fourth-order valence-corrected chi connectivity index (χ4v) is 6.02. The highest BCUT2D eigenvalue weighted by Gasteiger charge is 2.50. The van der Waals surface area contributed by atoms with E-state index in [0.29, 0.717) is 24.3 Å². The SMILES string of the molecule is COC(=O)C(CN1CCC2(c3cccc(O)c3)CCCC1C2C)C(O)c1ccccc1. The number of carbonyl (C=O) groups is 1. The van der Waals surface area contributed by atoms with Crippen molar-refractivity contribution in [2.24, 2.45) is 11.8 Å². The zero-order chi connectivity index (χ0) is 22.0. The van der Waals surface area contributed by atoms with Crippen LogP contribution in [0.3, 0.4) is 0 Å². The van der Waals surface area contributed by atoms with Crippen molar-refractivity contribution in [3.05, 3.63) is 65.7 Å². The van der Waals surface area contributed by atoms with E-state index in [0.717, 1.165) is 37.8 Å². The van der Waals surface area contributed by atoms with E-state index in [1.54, 1.807) is 6.07 Å². The Bertz CT molecular complexity index is 901. The molecule has 166 valence electrons. The molecule has 31 heavy (non-hydrogen) atoms. The number of methoxy groups -OCH3 is 1. The van der Waals surface area contributed by atoms with Crippen LogP contribution in [0.2, 0.25) is 0 Å². The van der Waals surface area contributed by atoms with E-state index in [4.69, 9.17) is 4.74 Å². The number of ether oxygens (including phenoxy) is 1. The molecule has 1 aliphatic carbocycles. The van der Waals surface area contributed by atoms with E-state index in [9.17, 15) is 15.0 Å². The van der Waals surface area contributed by atoms with Crippen LogP contribution < -0.4 is 0 Å². The van der Waals surface area contributed by atoms with Crippen LogP contribution in [0, 0.1) is 11.8 Å². The number of hydrogen-bond acceptors (Lipinski definition) is 5. The number of nitrogens with zero attached hydrogens (tertiary/aromatic N) is 1. The Labute approximate surface area is 184 Å². The summed E-state index contributed by atoms with van der Waals surface area (Å²) in [6, 6.07) is 17.4. The van der Waals surface area contributed by atoms with Gasteiger partial charge in [-0.2, -0.15) is 0 Å². The molecule has 2 bridgehead atoms. The number of rotatable bonds is 6. The molecule has 2 fully saturated rings. The third-order valence-corrected chi connectivity index (χ3v) is 7.76. The predicted octanol–water partition coefficient (Wildman–Crippen LogP) is 4.05. The first-order chi connectivity index (χ1) is 15.0. The van der Waals surface area contributed by atoms with Crippen molar-refractivity contribution in [1.29, 1.82) is 0 Å². The van der Waals surface area contributed by atoms with Gasteiger partial charge in [0.1, 0.15) is 5.75 Å². The zero-order valence-electron chi connectivity index (χ0n) is 18.4. The summed E-state index contributed by atoms with van der Waals surface area (Å²) in [6.07, 6.45) is 3.39. The third kappa shape index (κ3) is 4.09. The summed E-state index contributed by atoms with van der Waals surface area (Å²) in [6.45, 7) is 3.65. The van der Waals surface area contributed by atoms with Gasteiger partial charge in [0.15, 0.2) is 0 Å². The van der Waals surface area contributed by atoms with Crippen LogP contribution in [0.1, 0.15) is 49.8 Å². The summed E-state index contributed by atoms with van der Waals surface area (Å²) < 4.78 is 5.08. The maximum absolute atomic E-state index is 12.6. The Morgan fingerprint density at radius 3 is 2.68 bits per heavy atom. The van der Waals surface area contributed by atoms with Gasteiger partial charge in [0.05, 0.1) is 19.1 Å². The first-order valence-corrected chi connectivity index (χ1v) is 11.3. The molecule has 5 unspecified atom stereocenters. The lowest BCUT2D eigenvalue weighted by Crippen LogP contribution is -2.59. The number of phenolic OH excluding ortho intramolecular Hbond substituents is 1. The topological polar surface area (TPSA) is 70.0 Å². The number of likely N-dealkylation sites (tertiary alicyclic amines) is 1. The van der Waals surface area contributed by atoms with E-state index in [2.05, 4.69) is 17.9 Å². The van der Waals surface area contributed by atoms with Crippen molar-refractivity contribution in [1.82, 2.24) is 4.90 Å². The lowest BCUT2D eigenvalue weighted by atomic mass is 9.57. The highest BCUT2D eigenvalue weighted by Crippen LogP contribution is 2.51. The molecule has 5 heteroatoms. The number of carbonyl (C=O) groups excluding carboxylic acids is 1. The molecule has 1 aliphatic heterocycles.